The van der Waals surface area contributed by atoms with Crippen LogP contribution in [0.3, 0.4) is 0 Å². The van der Waals surface area contributed by atoms with Crippen LogP contribution >= 0.6 is 11.8 Å². The summed E-state index contributed by atoms with van der Waals surface area (Å²) in [5, 5.41) is 9.24. The zero-order valence-corrected chi connectivity index (χ0v) is 12.7. The molecule has 8 nitrogen and oxygen atoms in total. The number of morpholine rings is 1. The summed E-state index contributed by atoms with van der Waals surface area (Å²) in [6, 6.07) is -0.226. The van der Waals surface area contributed by atoms with Gasteiger partial charge in [0.05, 0.1) is 30.8 Å². The highest BCUT2D eigenvalue weighted by atomic mass is 32.2. The maximum Gasteiger partial charge on any atom is 0.232 e. The van der Waals surface area contributed by atoms with Crippen LogP contribution in [0.2, 0.25) is 0 Å². The van der Waals surface area contributed by atoms with Gasteiger partial charge < -0.3 is 15.0 Å². The van der Waals surface area contributed by atoms with Crippen molar-refractivity contribution in [3.8, 4) is 0 Å². The number of hydrogen-bond donors (Lipinski definition) is 2. The number of carbonyl (C=O) groups is 2. The predicted molar refractivity (Wildman–Crippen MR) is 77.7 cm³/mol. The first kappa shape index (κ1) is 15.8. The normalized spacial score (nSPS) is 16.5. The van der Waals surface area contributed by atoms with E-state index < -0.39 is 0 Å². The number of ether oxygens (including phenoxy) is 1. The second-order valence-electron chi connectivity index (χ2n) is 4.65. The maximum absolute atomic E-state index is 11.9. The van der Waals surface area contributed by atoms with Gasteiger partial charge in [0.25, 0.3) is 0 Å². The molecule has 1 aromatic heterocycles. The molecule has 21 heavy (non-hydrogen) atoms. The first-order valence-corrected chi connectivity index (χ1v) is 7.90. The van der Waals surface area contributed by atoms with Gasteiger partial charge in [-0.3, -0.25) is 14.7 Å². The molecule has 2 rings (SSSR count). The number of aromatic nitrogens is 3. The van der Waals surface area contributed by atoms with Crippen LogP contribution in [0.15, 0.2) is 6.33 Å². The van der Waals surface area contributed by atoms with Crippen molar-refractivity contribution < 1.29 is 14.3 Å². The van der Waals surface area contributed by atoms with Crippen molar-refractivity contribution in [3.63, 3.8) is 0 Å². The van der Waals surface area contributed by atoms with Crippen LogP contribution in [0, 0.1) is 0 Å². The molecule has 0 aliphatic carbocycles. The molecule has 1 aliphatic heterocycles. The molecular formula is C12H19N5O3S. The van der Waals surface area contributed by atoms with Crippen LogP contribution in [0.1, 0.15) is 18.8 Å². The standard InChI is InChI=1S/C12H19N5O3S/c1-9(12-13-8-14-16-12)15-10(18)6-21-7-11(19)17-2-4-20-5-3-17/h8-9H,2-7H2,1H3,(H,15,18)(H,13,14,16). The number of amides is 2. The van der Waals surface area contributed by atoms with E-state index in [1.54, 1.807) is 4.90 Å². The van der Waals surface area contributed by atoms with Gasteiger partial charge >= 0.3 is 0 Å². The molecule has 1 aliphatic rings. The smallest absolute Gasteiger partial charge is 0.232 e. The number of nitrogens with one attached hydrogen (secondary N) is 2. The Balaban J connectivity index is 1.63. The average Bonchev–Trinajstić information content (AvgIpc) is 3.02. The summed E-state index contributed by atoms with van der Waals surface area (Å²) in [6.07, 6.45) is 1.40. The number of rotatable bonds is 6. The van der Waals surface area contributed by atoms with E-state index >= 15 is 0 Å². The minimum Gasteiger partial charge on any atom is -0.378 e. The molecule has 2 amide bonds. The number of hydrogen-bond acceptors (Lipinski definition) is 6. The van der Waals surface area contributed by atoms with Crippen LogP contribution in [0.5, 0.6) is 0 Å². The van der Waals surface area contributed by atoms with Gasteiger partial charge in [-0.25, -0.2) is 4.98 Å². The molecule has 2 N–H and O–H groups in total. The number of aromatic amines is 1. The second-order valence-corrected chi connectivity index (χ2v) is 5.63. The first-order valence-electron chi connectivity index (χ1n) is 6.74. The summed E-state index contributed by atoms with van der Waals surface area (Å²) < 4.78 is 5.19. The molecule has 1 saturated heterocycles. The van der Waals surface area contributed by atoms with E-state index in [0.29, 0.717) is 37.9 Å². The summed E-state index contributed by atoms with van der Waals surface area (Å²) >= 11 is 1.31. The lowest BCUT2D eigenvalue weighted by Crippen LogP contribution is -2.41. The molecule has 1 fully saturated rings. The zero-order valence-electron chi connectivity index (χ0n) is 11.9. The fourth-order valence-electron chi connectivity index (χ4n) is 1.91. The minimum atomic E-state index is -0.226. The Morgan fingerprint density at radius 1 is 1.48 bits per heavy atom. The minimum absolute atomic E-state index is 0.0550. The van der Waals surface area contributed by atoms with Gasteiger partial charge in [-0.2, -0.15) is 5.10 Å². The van der Waals surface area contributed by atoms with Gasteiger partial charge in [0, 0.05) is 13.1 Å². The van der Waals surface area contributed by atoms with Gasteiger partial charge in [0.1, 0.15) is 12.2 Å². The van der Waals surface area contributed by atoms with Crippen molar-refractivity contribution in [1.29, 1.82) is 0 Å². The fourth-order valence-corrected chi connectivity index (χ4v) is 2.64. The Morgan fingerprint density at radius 2 is 2.24 bits per heavy atom. The molecule has 0 aromatic carbocycles. The van der Waals surface area contributed by atoms with Crippen LogP contribution in [-0.4, -0.2) is 69.7 Å². The van der Waals surface area contributed by atoms with Crippen LogP contribution in [-0.2, 0) is 14.3 Å². The van der Waals surface area contributed by atoms with Crippen LogP contribution in [0.4, 0.5) is 0 Å². The third-order valence-electron chi connectivity index (χ3n) is 3.04. The molecular weight excluding hydrogens is 294 g/mol. The van der Waals surface area contributed by atoms with E-state index in [1.807, 2.05) is 6.92 Å². The largest absolute Gasteiger partial charge is 0.378 e. The molecule has 2 heterocycles. The van der Waals surface area contributed by atoms with Crippen molar-refractivity contribution in [2.24, 2.45) is 0 Å². The molecule has 1 aromatic rings. The highest BCUT2D eigenvalue weighted by molar-refractivity contribution is 8.00. The van der Waals surface area contributed by atoms with Gasteiger partial charge in [-0.15, -0.1) is 11.8 Å². The number of carbonyl (C=O) groups excluding carboxylic acids is 2. The summed E-state index contributed by atoms with van der Waals surface area (Å²) in [5.41, 5.74) is 0. The molecule has 0 bridgehead atoms. The fraction of sp³-hybridized carbons (Fsp3) is 0.667. The Hall–Kier alpha value is -1.61. The zero-order chi connectivity index (χ0) is 15.1. The molecule has 1 atom stereocenters. The first-order chi connectivity index (χ1) is 10.2. The Bertz CT molecular complexity index is 461. The van der Waals surface area contributed by atoms with Crippen molar-refractivity contribution in [3.05, 3.63) is 12.2 Å². The molecule has 0 spiro atoms. The summed E-state index contributed by atoms with van der Waals surface area (Å²) in [4.78, 5) is 29.4. The van der Waals surface area contributed by atoms with Crippen LogP contribution in [0.25, 0.3) is 0 Å². The summed E-state index contributed by atoms with van der Waals surface area (Å²) in [7, 11) is 0. The van der Waals surface area contributed by atoms with Crippen molar-refractivity contribution in [1.82, 2.24) is 25.4 Å². The third-order valence-corrected chi connectivity index (χ3v) is 3.96. The number of thioether (sulfide) groups is 1. The van der Waals surface area contributed by atoms with Gasteiger partial charge in [0.2, 0.25) is 11.8 Å². The quantitative estimate of drug-likeness (QED) is 0.739. The summed E-state index contributed by atoms with van der Waals surface area (Å²) in [6.45, 7) is 4.27. The Morgan fingerprint density at radius 3 is 2.90 bits per heavy atom. The average molecular weight is 313 g/mol. The lowest BCUT2D eigenvalue weighted by Gasteiger charge is -2.26. The topological polar surface area (TPSA) is 100 Å². The van der Waals surface area contributed by atoms with E-state index in [4.69, 9.17) is 4.74 Å². The maximum atomic E-state index is 11.9. The van der Waals surface area contributed by atoms with Gasteiger partial charge in [-0.05, 0) is 6.92 Å². The molecule has 0 saturated carbocycles. The van der Waals surface area contributed by atoms with Gasteiger partial charge in [-0.1, -0.05) is 0 Å². The third kappa shape index (κ3) is 5.01. The van der Waals surface area contributed by atoms with E-state index in [9.17, 15) is 9.59 Å². The molecule has 116 valence electrons. The number of H-pyrrole nitrogens is 1. The van der Waals surface area contributed by atoms with Crippen molar-refractivity contribution in [2.45, 2.75) is 13.0 Å². The van der Waals surface area contributed by atoms with Crippen LogP contribution < -0.4 is 5.32 Å². The lowest BCUT2D eigenvalue weighted by atomic mass is 10.3. The lowest BCUT2D eigenvalue weighted by molar-refractivity contribution is -0.132. The van der Waals surface area contributed by atoms with E-state index in [1.165, 1.54) is 18.1 Å². The second kappa shape index (κ2) is 7.99. The van der Waals surface area contributed by atoms with Crippen molar-refractivity contribution in [2.75, 3.05) is 37.8 Å². The molecule has 0 radical (unpaired) electrons. The molecule has 1 unspecified atom stereocenters. The summed E-state index contributed by atoms with van der Waals surface area (Å²) in [5.74, 6) is 1.09. The molecule has 9 heteroatoms. The number of nitrogens with zero attached hydrogens (tertiary/aromatic N) is 3. The van der Waals surface area contributed by atoms with Crippen molar-refractivity contribution >= 4 is 23.6 Å². The van der Waals surface area contributed by atoms with Gasteiger partial charge in [0.15, 0.2) is 0 Å². The Labute approximate surface area is 127 Å². The Kier molecular flexibility index (Phi) is 6.00. The SMILES string of the molecule is CC(NC(=O)CSCC(=O)N1CCOCC1)c1ncn[nH]1. The highest BCUT2D eigenvalue weighted by Crippen LogP contribution is 2.07. The van der Waals surface area contributed by atoms with E-state index in [2.05, 4.69) is 20.5 Å². The highest BCUT2D eigenvalue weighted by Gasteiger charge is 2.17. The van der Waals surface area contributed by atoms with E-state index in [-0.39, 0.29) is 23.6 Å². The predicted octanol–water partition coefficient (Wildman–Crippen LogP) is -0.426. The van der Waals surface area contributed by atoms with E-state index in [0.717, 1.165) is 0 Å². The monoisotopic (exact) mass is 313 g/mol.